The average Bonchev–Trinajstić information content (AvgIpc) is 2.81. The summed E-state index contributed by atoms with van der Waals surface area (Å²) in [4.78, 5) is 0. The molecule has 0 aliphatic heterocycles. The smallest absolute Gasteiger partial charge is 0.132 e. The van der Waals surface area contributed by atoms with E-state index in [1.54, 1.807) is 24.3 Å². The standard InChI is InChI=1S/C12H12ClN5O/c13-9-1-3-10(4-2-9)19-8-12-11(7-15)16-17-18(12)6-5-14/h1-4H,6-8,15H2. The van der Waals surface area contributed by atoms with Crippen LogP contribution in [0.5, 0.6) is 5.75 Å². The normalized spacial score (nSPS) is 10.2. The van der Waals surface area contributed by atoms with Crippen molar-refractivity contribution in [2.45, 2.75) is 19.7 Å². The van der Waals surface area contributed by atoms with Crippen LogP contribution < -0.4 is 10.5 Å². The molecule has 0 amide bonds. The summed E-state index contributed by atoms with van der Waals surface area (Å²) in [5.74, 6) is 0.678. The van der Waals surface area contributed by atoms with Gasteiger partial charge in [-0.3, -0.25) is 0 Å². The van der Waals surface area contributed by atoms with Gasteiger partial charge in [0.15, 0.2) is 0 Å². The Morgan fingerprint density at radius 3 is 2.74 bits per heavy atom. The number of ether oxygens (including phenoxy) is 1. The molecule has 0 saturated carbocycles. The molecule has 0 unspecified atom stereocenters. The first-order valence-corrected chi connectivity index (χ1v) is 5.99. The van der Waals surface area contributed by atoms with Crippen molar-refractivity contribution in [3.8, 4) is 11.8 Å². The highest BCUT2D eigenvalue weighted by Gasteiger charge is 2.12. The summed E-state index contributed by atoms with van der Waals surface area (Å²) < 4.78 is 7.09. The summed E-state index contributed by atoms with van der Waals surface area (Å²) in [6, 6.07) is 9.03. The molecular weight excluding hydrogens is 266 g/mol. The number of rotatable bonds is 5. The Kier molecular flexibility index (Phi) is 4.34. The van der Waals surface area contributed by atoms with Crippen LogP contribution in [0.25, 0.3) is 0 Å². The van der Waals surface area contributed by atoms with Crippen LogP contribution in [-0.4, -0.2) is 15.0 Å². The summed E-state index contributed by atoms with van der Waals surface area (Å²) in [5.41, 5.74) is 6.91. The van der Waals surface area contributed by atoms with E-state index in [4.69, 9.17) is 27.3 Å². The lowest BCUT2D eigenvalue weighted by molar-refractivity contribution is 0.292. The van der Waals surface area contributed by atoms with Crippen molar-refractivity contribution in [2.75, 3.05) is 0 Å². The van der Waals surface area contributed by atoms with Gasteiger partial charge in [0.05, 0.1) is 6.07 Å². The number of benzene rings is 1. The SMILES string of the molecule is N#CCn1nnc(CN)c1COc1ccc(Cl)cc1. The fraction of sp³-hybridized carbons (Fsp3) is 0.250. The molecule has 2 N–H and O–H groups in total. The molecule has 0 fully saturated rings. The molecule has 0 saturated heterocycles. The van der Waals surface area contributed by atoms with E-state index in [1.165, 1.54) is 4.68 Å². The summed E-state index contributed by atoms with van der Waals surface area (Å²) >= 11 is 5.79. The molecule has 0 spiro atoms. The van der Waals surface area contributed by atoms with Crippen LogP contribution in [0.3, 0.4) is 0 Å². The van der Waals surface area contributed by atoms with E-state index in [-0.39, 0.29) is 19.7 Å². The largest absolute Gasteiger partial charge is 0.487 e. The first-order valence-electron chi connectivity index (χ1n) is 5.61. The molecule has 6 nitrogen and oxygen atoms in total. The number of hydrogen-bond donors (Lipinski definition) is 1. The number of nitrogens with zero attached hydrogens (tertiary/aromatic N) is 4. The number of halogens is 1. The maximum atomic E-state index is 8.72. The lowest BCUT2D eigenvalue weighted by Gasteiger charge is -2.07. The van der Waals surface area contributed by atoms with Crippen molar-refractivity contribution in [1.82, 2.24) is 15.0 Å². The maximum absolute atomic E-state index is 8.72. The van der Waals surface area contributed by atoms with E-state index < -0.39 is 0 Å². The minimum Gasteiger partial charge on any atom is -0.487 e. The van der Waals surface area contributed by atoms with Gasteiger partial charge in [0.2, 0.25) is 0 Å². The second-order valence-corrected chi connectivity index (χ2v) is 4.18. The average molecular weight is 278 g/mol. The molecule has 98 valence electrons. The Morgan fingerprint density at radius 1 is 1.37 bits per heavy atom. The van der Waals surface area contributed by atoms with E-state index in [0.717, 1.165) is 0 Å². The number of hydrogen-bond acceptors (Lipinski definition) is 5. The van der Waals surface area contributed by atoms with Gasteiger partial charge in [0.25, 0.3) is 0 Å². The molecule has 0 aliphatic carbocycles. The summed E-state index contributed by atoms with van der Waals surface area (Å²) in [5, 5.41) is 17.1. The van der Waals surface area contributed by atoms with Crippen molar-refractivity contribution >= 4 is 11.6 Å². The third-order valence-electron chi connectivity index (χ3n) is 2.52. The van der Waals surface area contributed by atoms with Gasteiger partial charge in [-0.2, -0.15) is 5.26 Å². The third-order valence-corrected chi connectivity index (χ3v) is 2.77. The Balaban J connectivity index is 2.12. The van der Waals surface area contributed by atoms with Crippen molar-refractivity contribution in [2.24, 2.45) is 5.73 Å². The van der Waals surface area contributed by atoms with Crippen molar-refractivity contribution in [3.63, 3.8) is 0 Å². The second-order valence-electron chi connectivity index (χ2n) is 3.75. The lowest BCUT2D eigenvalue weighted by Crippen LogP contribution is -2.10. The zero-order valence-corrected chi connectivity index (χ0v) is 10.8. The van der Waals surface area contributed by atoms with E-state index in [9.17, 15) is 0 Å². The molecule has 2 rings (SSSR count). The van der Waals surface area contributed by atoms with Gasteiger partial charge >= 0.3 is 0 Å². The predicted octanol–water partition coefficient (Wildman–Crippen LogP) is 1.49. The molecule has 7 heteroatoms. The third kappa shape index (κ3) is 3.22. The second kappa shape index (κ2) is 6.18. The van der Waals surface area contributed by atoms with Crippen molar-refractivity contribution in [3.05, 3.63) is 40.7 Å². The van der Waals surface area contributed by atoms with Crippen LogP contribution in [0.15, 0.2) is 24.3 Å². The Hall–Kier alpha value is -2.10. The number of aromatic nitrogens is 3. The van der Waals surface area contributed by atoms with Gasteiger partial charge < -0.3 is 10.5 Å². The molecule has 1 aromatic heterocycles. The van der Waals surface area contributed by atoms with Crippen LogP contribution in [0.2, 0.25) is 5.02 Å². The molecule has 0 bridgehead atoms. The van der Waals surface area contributed by atoms with Gasteiger partial charge in [-0.15, -0.1) is 5.10 Å². The van der Waals surface area contributed by atoms with Crippen molar-refractivity contribution < 1.29 is 4.74 Å². The van der Waals surface area contributed by atoms with Crippen LogP contribution >= 0.6 is 11.6 Å². The van der Waals surface area contributed by atoms with Gasteiger partial charge in [0, 0.05) is 11.6 Å². The topological polar surface area (TPSA) is 89.8 Å². The van der Waals surface area contributed by atoms with E-state index in [0.29, 0.717) is 22.2 Å². The van der Waals surface area contributed by atoms with Gasteiger partial charge in [0.1, 0.15) is 30.3 Å². The fourth-order valence-electron chi connectivity index (χ4n) is 1.56. The van der Waals surface area contributed by atoms with Gasteiger partial charge in [-0.1, -0.05) is 16.8 Å². The molecule has 19 heavy (non-hydrogen) atoms. The Labute approximate surface area is 115 Å². The van der Waals surface area contributed by atoms with Crippen LogP contribution in [-0.2, 0) is 19.7 Å². The van der Waals surface area contributed by atoms with Gasteiger partial charge in [-0.25, -0.2) is 4.68 Å². The summed E-state index contributed by atoms with van der Waals surface area (Å²) in [6.07, 6.45) is 0. The zero-order chi connectivity index (χ0) is 13.7. The van der Waals surface area contributed by atoms with Crippen LogP contribution in [0, 0.1) is 11.3 Å². The highest BCUT2D eigenvalue weighted by atomic mass is 35.5. The maximum Gasteiger partial charge on any atom is 0.132 e. The Morgan fingerprint density at radius 2 is 2.11 bits per heavy atom. The Bertz CT molecular complexity index is 587. The minimum atomic E-state index is 0.117. The quantitative estimate of drug-likeness (QED) is 0.894. The fourth-order valence-corrected chi connectivity index (χ4v) is 1.69. The predicted molar refractivity (Wildman–Crippen MR) is 69.3 cm³/mol. The molecule has 0 radical (unpaired) electrons. The van der Waals surface area contributed by atoms with Crippen LogP contribution in [0.4, 0.5) is 0 Å². The highest BCUT2D eigenvalue weighted by molar-refractivity contribution is 6.30. The summed E-state index contributed by atoms with van der Waals surface area (Å²) in [6.45, 7) is 0.625. The zero-order valence-electron chi connectivity index (χ0n) is 10.1. The van der Waals surface area contributed by atoms with E-state index in [1.807, 2.05) is 6.07 Å². The lowest BCUT2D eigenvalue weighted by atomic mass is 10.3. The van der Waals surface area contributed by atoms with E-state index >= 15 is 0 Å². The molecule has 1 heterocycles. The molecule has 0 aliphatic rings. The van der Waals surface area contributed by atoms with Gasteiger partial charge in [-0.05, 0) is 24.3 Å². The molecule has 0 atom stereocenters. The first-order chi connectivity index (χ1) is 9.24. The first kappa shape index (κ1) is 13.3. The van der Waals surface area contributed by atoms with E-state index in [2.05, 4.69) is 10.3 Å². The number of nitriles is 1. The van der Waals surface area contributed by atoms with Crippen molar-refractivity contribution in [1.29, 1.82) is 5.26 Å². The molecule has 1 aromatic carbocycles. The van der Waals surface area contributed by atoms with Crippen LogP contribution in [0.1, 0.15) is 11.4 Å². The number of nitrogens with two attached hydrogens (primary N) is 1. The summed E-state index contributed by atoms with van der Waals surface area (Å²) in [7, 11) is 0. The monoisotopic (exact) mass is 277 g/mol. The molecular formula is C12H12ClN5O. The molecule has 2 aromatic rings. The minimum absolute atomic E-state index is 0.117. The highest BCUT2D eigenvalue weighted by Crippen LogP contribution is 2.17.